The number of likely N-dealkylation sites (tertiary alicyclic amines) is 1. The van der Waals surface area contributed by atoms with Crippen molar-refractivity contribution in [2.24, 2.45) is 0 Å². The van der Waals surface area contributed by atoms with Gasteiger partial charge >= 0.3 is 5.69 Å². The highest BCUT2D eigenvalue weighted by Gasteiger charge is 2.20. The number of aromatic nitrogens is 2. The number of H-pyrrole nitrogens is 1. The molecule has 1 aliphatic rings. The van der Waals surface area contributed by atoms with Crippen LogP contribution in [0.1, 0.15) is 45.4 Å². The SMILES string of the molecule is CC(=O)NCCC(=O)NC1CCCCN(C(=O)CCn2ccc(=O)[nH]c2=O)CC1. The monoisotopic (exact) mass is 407 g/mol. The Morgan fingerprint density at radius 3 is 2.66 bits per heavy atom. The molecule has 3 N–H and O–H groups in total. The van der Waals surface area contributed by atoms with Crippen molar-refractivity contribution in [1.29, 1.82) is 0 Å². The number of hydrogen-bond acceptors (Lipinski definition) is 5. The van der Waals surface area contributed by atoms with Crippen LogP contribution >= 0.6 is 0 Å². The molecule has 1 aromatic heterocycles. The Bertz CT molecular complexity index is 831. The second kappa shape index (κ2) is 11.2. The summed E-state index contributed by atoms with van der Waals surface area (Å²) in [5, 5.41) is 5.58. The van der Waals surface area contributed by atoms with Gasteiger partial charge in [-0.3, -0.25) is 24.2 Å². The van der Waals surface area contributed by atoms with E-state index in [0.29, 0.717) is 26.1 Å². The Kier molecular flexibility index (Phi) is 8.63. The maximum Gasteiger partial charge on any atom is 0.328 e. The minimum absolute atomic E-state index is 0.00255. The molecule has 0 radical (unpaired) electrons. The lowest BCUT2D eigenvalue weighted by Crippen LogP contribution is -2.42. The van der Waals surface area contributed by atoms with E-state index in [4.69, 9.17) is 0 Å². The third kappa shape index (κ3) is 7.92. The Balaban J connectivity index is 1.80. The standard InChI is InChI=1S/C19H29N5O5/c1-14(25)20-9-5-16(26)21-15-4-2-3-10-23(11-6-15)18(28)8-13-24-12-7-17(27)22-19(24)29/h7,12,15H,2-6,8-11,13H2,1H3,(H,20,25)(H,21,26)(H,22,27,29). The summed E-state index contributed by atoms with van der Waals surface area (Å²) in [6.07, 6.45) is 5.06. The fourth-order valence-corrected chi connectivity index (χ4v) is 3.30. The molecule has 10 nitrogen and oxygen atoms in total. The van der Waals surface area contributed by atoms with Gasteiger partial charge < -0.3 is 20.1 Å². The summed E-state index contributed by atoms with van der Waals surface area (Å²) in [6, 6.07) is 1.25. The average molecular weight is 407 g/mol. The molecule has 1 unspecified atom stereocenters. The van der Waals surface area contributed by atoms with Crippen LogP contribution < -0.4 is 21.9 Å². The van der Waals surface area contributed by atoms with E-state index < -0.39 is 11.2 Å². The van der Waals surface area contributed by atoms with Crippen LogP contribution in [0.25, 0.3) is 0 Å². The highest BCUT2D eigenvalue weighted by atomic mass is 16.2. The number of nitrogens with zero attached hydrogens (tertiary/aromatic N) is 2. The van der Waals surface area contributed by atoms with E-state index in [-0.39, 0.29) is 43.1 Å². The Labute approximate surface area is 168 Å². The molecule has 3 amide bonds. The third-order valence-electron chi connectivity index (χ3n) is 4.89. The van der Waals surface area contributed by atoms with E-state index in [2.05, 4.69) is 15.6 Å². The molecule has 0 aliphatic carbocycles. The molecular weight excluding hydrogens is 378 g/mol. The van der Waals surface area contributed by atoms with Crippen molar-refractivity contribution in [3.8, 4) is 0 Å². The summed E-state index contributed by atoms with van der Waals surface area (Å²) in [5.74, 6) is -0.331. The van der Waals surface area contributed by atoms with Crippen molar-refractivity contribution in [2.45, 2.75) is 58.0 Å². The number of rotatable bonds is 7. The number of nitrogens with one attached hydrogen (secondary N) is 3. The molecule has 1 saturated heterocycles. The van der Waals surface area contributed by atoms with Gasteiger partial charge in [0.15, 0.2) is 0 Å². The Morgan fingerprint density at radius 2 is 1.93 bits per heavy atom. The third-order valence-corrected chi connectivity index (χ3v) is 4.89. The summed E-state index contributed by atoms with van der Waals surface area (Å²) < 4.78 is 1.31. The minimum atomic E-state index is -0.528. The summed E-state index contributed by atoms with van der Waals surface area (Å²) in [5.41, 5.74) is -0.994. The molecule has 1 aromatic rings. The summed E-state index contributed by atoms with van der Waals surface area (Å²) in [6.45, 7) is 3.11. The molecule has 0 saturated carbocycles. The van der Waals surface area contributed by atoms with Crippen molar-refractivity contribution < 1.29 is 14.4 Å². The first kappa shape index (κ1) is 22.4. The molecule has 160 valence electrons. The molecule has 29 heavy (non-hydrogen) atoms. The van der Waals surface area contributed by atoms with Crippen molar-refractivity contribution >= 4 is 17.7 Å². The van der Waals surface area contributed by atoms with Crippen LogP contribution in [0.2, 0.25) is 0 Å². The van der Waals surface area contributed by atoms with Crippen LogP contribution in [0.3, 0.4) is 0 Å². The Hall–Kier alpha value is -2.91. The van der Waals surface area contributed by atoms with E-state index in [9.17, 15) is 24.0 Å². The smallest absolute Gasteiger partial charge is 0.328 e. The van der Waals surface area contributed by atoms with Crippen LogP contribution in [-0.4, -0.2) is 57.8 Å². The van der Waals surface area contributed by atoms with Gasteiger partial charge in [0.1, 0.15) is 0 Å². The number of hydrogen-bond donors (Lipinski definition) is 3. The average Bonchev–Trinajstić information content (AvgIpc) is 2.63. The summed E-state index contributed by atoms with van der Waals surface area (Å²) >= 11 is 0. The maximum absolute atomic E-state index is 12.6. The second-order valence-corrected chi connectivity index (χ2v) is 7.22. The lowest BCUT2D eigenvalue weighted by Gasteiger charge is -2.29. The molecule has 2 rings (SSSR count). The largest absolute Gasteiger partial charge is 0.356 e. The van der Waals surface area contributed by atoms with Crippen LogP contribution in [-0.2, 0) is 20.9 Å². The first-order chi connectivity index (χ1) is 13.8. The number of carbonyl (C=O) groups excluding carboxylic acids is 3. The zero-order valence-corrected chi connectivity index (χ0v) is 16.7. The maximum atomic E-state index is 12.6. The fraction of sp³-hybridized carbons (Fsp3) is 0.632. The van der Waals surface area contributed by atoms with Crippen molar-refractivity contribution in [2.75, 3.05) is 19.6 Å². The molecule has 1 fully saturated rings. The first-order valence-corrected chi connectivity index (χ1v) is 9.96. The predicted molar refractivity (Wildman–Crippen MR) is 106 cm³/mol. The number of aromatic amines is 1. The highest BCUT2D eigenvalue weighted by molar-refractivity contribution is 5.78. The van der Waals surface area contributed by atoms with Crippen LogP contribution in [0, 0.1) is 0 Å². The van der Waals surface area contributed by atoms with Gasteiger partial charge in [-0.15, -0.1) is 0 Å². The van der Waals surface area contributed by atoms with E-state index in [1.165, 1.54) is 23.8 Å². The van der Waals surface area contributed by atoms with Crippen molar-refractivity contribution in [3.05, 3.63) is 33.1 Å². The molecular formula is C19H29N5O5. The molecule has 0 spiro atoms. The van der Waals surface area contributed by atoms with Gasteiger partial charge in [-0.2, -0.15) is 0 Å². The van der Waals surface area contributed by atoms with Gasteiger partial charge in [-0.25, -0.2) is 4.79 Å². The summed E-state index contributed by atoms with van der Waals surface area (Å²) in [7, 11) is 0. The van der Waals surface area contributed by atoms with Gasteiger partial charge in [-0.05, 0) is 25.7 Å². The predicted octanol–water partition coefficient (Wildman–Crippen LogP) is -0.660. The molecule has 0 aromatic carbocycles. The fourth-order valence-electron chi connectivity index (χ4n) is 3.30. The van der Waals surface area contributed by atoms with E-state index >= 15 is 0 Å². The molecule has 1 aliphatic heterocycles. The number of carbonyl (C=O) groups is 3. The number of aryl methyl sites for hydroxylation is 1. The van der Waals surface area contributed by atoms with Crippen LogP contribution in [0.4, 0.5) is 0 Å². The summed E-state index contributed by atoms with van der Waals surface area (Å²) in [4.78, 5) is 62.2. The topological polar surface area (TPSA) is 133 Å². The molecule has 1 atom stereocenters. The van der Waals surface area contributed by atoms with Gasteiger partial charge in [0.2, 0.25) is 17.7 Å². The molecule has 2 heterocycles. The minimum Gasteiger partial charge on any atom is -0.356 e. The molecule has 10 heteroatoms. The van der Waals surface area contributed by atoms with Gasteiger partial charge in [0.05, 0.1) is 0 Å². The van der Waals surface area contributed by atoms with E-state index in [1.807, 2.05) is 0 Å². The van der Waals surface area contributed by atoms with Gasteiger partial charge in [0.25, 0.3) is 5.56 Å². The zero-order valence-electron chi connectivity index (χ0n) is 16.7. The highest BCUT2D eigenvalue weighted by Crippen LogP contribution is 2.13. The lowest BCUT2D eigenvalue weighted by atomic mass is 10.0. The quantitative estimate of drug-likeness (QED) is 0.552. The van der Waals surface area contributed by atoms with Gasteiger partial charge in [0, 0.05) is 64.2 Å². The molecule has 0 bridgehead atoms. The Morgan fingerprint density at radius 1 is 1.14 bits per heavy atom. The number of amides is 3. The van der Waals surface area contributed by atoms with Crippen LogP contribution in [0.5, 0.6) is 0 Å². The first-order valence-electron chi connectivity index (χ1n) is 9.96. The van der Waals surface area contributed by atoms with E-state index in [0.717, 1.165) is 19.3 Å². The van der Waals surface area contributed by atoms with Gasteiger partial charge in [-0.1, -0.05) is 0 Å². The zero-order chi connectivity index (χ0) is 21.2. The van der Waals surface area contributed by atoms with Crippen molar-refractivity contribution in [3.63, 3.8) is 0 Å². The second-order valence-electron chi connectivity index (χ2n) is 7.22. The van der Waals surface area contributed by atoms with Crippen molar-refractivity contribution in [1.82, 2.24) is 25.1 Å². The van der Waals surface area contributed by atoms with E-state index in [1.54, 1.807) is 4.90 Å². The normalized spacial score (nSPS) is 17.1. The lowest BCUT2D eigenvalue weighted by molar-refractivity contribution is -0.131. The van der Waals surface area contributed by atoms with Crippen LogP contribution in [0.15, 0.2) is 21.9 Å².